The van der Waals surface area contributed by atoms with Gasteiger partial charge < -0.3 is 15.1 Å². The topological polar surface area (TPSA) is 112 Å². The molecule has 0 bridgehead atoms. The zero-order valence-electron chi connectivity index (χ0n) is 21.0. The second kappa shape index (κ2) is 11.4. The molecule has 0 spiro atoms. The van der Waals surface area contributed by atoms with E-state index >= 15 is 0 Å². The molecule has 0 fully saturated rings. The molecule has 2 aliphatic rings. The Labute approximate surface area is 234 Å². The van der Waals surface area contributed by atoms with Gasteiger partial charge in [-0.25, -0.2) is 0 Å². The van der Waals surface area contributed by atoms with Crippen molar-refractivity contribution in [3.05, 3.63) is 110 Å². The van der Waals surface area contributed by atoms with Crippen molar-refractivity contribution in [1.29, 1.82) is 5.26 Å². The molecule has 1 aliphatic heterocycles. The van der Waals surface area contributed by atoms with Crippen molar-refractivity contribution in [2.24, 2.45) is 0 Å². The molecule has 0 saturated heterocycles. The Morgan fingerprint density at radius 1 is 1.15 bits per heavy atom. The molecule has 9 heteroatoms. The Morgan fingerprint density at radius 3 is 2.67 bits per heavy atom. The molecule has 2 N–H and O–H groups in total. The lowest BCUT2D eigenvalue weighted by atomic mass is 9.79. The molecule has 7 nitrogen and oxygen atoms in total. The highest BCUT2D eigenvalue weighted by molar-refractivity contribution is 8.03. The van der Waals surface area contributed by atoms with Gasteiger partial charge in [-0.1, -0.05) is 53.7 Å². The van der Waals surface area contributed by atoms with Gasteiger partial charge in [0, 0.05) is 33.8 Å². The Morgan fingerprint density at radius 2 is 1.95 bits per heavy atom. The average molecular weight is 558 g/mol. The first-order valence-corrected chi connectivity index (χ1v) is 13.8. The average Bonchev–Trinajstić information content (AvgIpc) is 3.38. The molecular weight excluding hydrogens is 534 g/mol. The van der Waals surface area contributed by atoms with E-state index in [1.807, 2.05) is 13.0 Å². The number of rotatable bonds is 7. The van der Waals surface area contributed by atoms with Gasteiger partial charge in [0.15, 0.2) is 11.6 Å². The van der Waals surface area contributed by atoms with E-state index in [0.717, 1.165) is 5.70 Å². The van der Waals surface area contributed by atoms with Crippen LogP contribution >= 0.6 is 23.4 Å². The number of nitriles is 1. The van der Waals surface area contributed by atoms with Gasteiger partial charge in [-0.05, 0) is 50.1 Å². The molecule has 1 atom stereocenters. The summed E-state index contributed by atoms with van der Waals surface area (Å²) in [6.07, 6.45) is 1.80. The first-order chi connectivity index (χ1) is 18.9. The largest absolute Gasteiger partial charge is 0.465 e. The highest BCUT2D eigenvalue weighted by Crippen LogP contribution is 2.44. The van der Waals surface area contributed by atoms with Gasteiger partial charge in [-0.2, -0.15) is 5.26 Å². The van der Waals surface area contributed by atoms with E-state index in [9.17, 15) is 19.6 Å². The third kappa shape index (κ3) is 5.56. The fourth-order valence-corrected chi connectivity index (χ4v) is 5.85. The molecule has 2 aromatic carbocycles. The molecule has 2 heterocycles. The van der Waals surface area contributed by atoms with Crippen LogP contribution in [0.5, 0.6) is 0 Å². The number of hydrogen-bond acceptors (Lipinski definition) is 7. The highest BCUT2D eigenvalue weighted by atomic mass is 35.5. The van der Waals surface area contributed by atoms with Gasteiger partial charge in [0.1, 0.15) is 11.5 Å². The molecule has 1 aromatic heterocycles. The first kappa shape index (κ1) is 26.5. The summed E-state index contributed by atoms with van der Waals surface area (Å²) in [5, 5.41) is 17.1. The molecule has 1 amide bonds. The highest BCUT2D eigenvalue weighted by Gasteiger charge is 2.38. The summed E-state index contributed by atoms with van der Waals surface area (Å²) in [5.74, 6) is -0.0660. The number of nitrogens with one attached hydrogen (secondary N) is 2. The van der Waals surface area contributed by atoms with Crippen LogP contribution in [0.4, 0.5) is 5.69 Å². The van der Waals surface area contributed by atoms with Crippen molar-refractivity contribution in [1.82, 2.24) is 5.32 Å². The molecular formula is C30H24ClN3O4S. The van der Waals surface area contributed by atoms with Gasteiger partial charge >= 0.3 is 0 Å². The number of thioether (sulfide) groups is 1. The van der Waals surface area contributed by atoms with Crippen LogP contribution in [0.15, 0.2) is 87.0 Å². The SMILES string of the molecule is Cc1ccc([C@@H]2C(C#N)=C(SCC(=O)Nc3ccc(Cl)cc3C(=O)c3ccccc3)NC3=C2C(=O)CCC3)o1. The van der Waals surface area contributed by atoms with E-state index in [4.69, 9.17) is 16.0 Å². The normalized spacial score (nSPS) is 16.8. The molecule has 0 unspecified atom stereocenters. The van der Waals surface area contributed by atoms with Gasteiger partial charge in [-0.15, -0.1) is 0 Å². The quantitative estimate of drug-likeness (QED) is 0.329. The smallest absolute Gasteiger partial charge is 0.234 e. The number of carbonyl (C=O) groups is 3. The van der Waals surface area contributed by atoms with Crippen LogP contribution in [-0.2, 0) is 9.59 Å². The van der Waals surface area contributed by atoms with Crippen LogP contribution in [0.2, 0.25) is 5.02 Å². The fraction of sp³-hybridized carbons (Fsp3) is 0.200. The molecule has 196 valence electrons. The molecule has 3 aromatic rings. The van der Waals surface area contributed by atoms with Crippen LogP contribution in [0.1, 0.15) is 52.6 Å². The van der Waals surface area contributed by atoms with Crippen LogP contribution < -0.4 is 10.6 Å². The van der Waals surface area contributed by atoms with Gasteiger partial charge in [0.2, 0.25) is 5.91 Å². The number of furan rings is 1. The summed E-state index contributed by atoms with van der Waals surface area (Å²) in [6, 6.07) is 19.3. The van der Waals surface area contributed by atoms with Crippen molar-refractivity contribution in [2.75, 3.05) is 11.1 Å². The number of hydrogen-bond donors (Lipinski definition) is 2. The van der Waals surface area contributed by atoms with Crippen LogP contribution in [0.25, 0.3) is 0 Å². The second-order valence-corrected chi connectivity index (χ2v) is 10.7. The Balaban J connectivity index is 1.38. The first-order valence-electron chi connectivity index (χ1n) is 12.4. The standard InChI is InChI=1S/C30H24ClN3O4S/c1-17-10-13-25(38-17)27-21(15-32)30(34-23-8-5-9-24(35)28(23)27)39-16-26(36)33-22-12-11-19(31)14-20(22)29(37)18-6-3-2-4-7-18/h2-4,6-7,10-14,27,34H,5,8-9,16H2,1H3,(H,33,36)/t27-/m0/s1. The minimum absolute atomic E-state index is 0.00398. The predicted octanol–water partition coefficient (Wildman–Crippen LogP) is 6.27. The third-order valence-corrected chi connectivity index (χ3v) is 7.84. The second-order valence-electron chi connectivity index (χ2n) is 9.25. The zero-order valence-corrected chi connectivity index (χ0v) is 22.6. The summed E-state index contributed by atoms with van der Waals surface area (Å²) in [5.41, 5.74) is 2.76. The molecule has 39 heavy (non-hydrogen) atoms. The van der Waals surface area contributed by atoms with Crippen LogP contribution in [0.3, 0.4) is 0 Å². The lowest BCUT2D eigenvalue weighted by Gasteiger charge is -2.32. The lowest BCUT2D eigenvalue weighted by molar-refractivity contribution is -0.116. The maximum atomic E-state index is 13.1. The number of ketones is 2. The van der Waals surface area contributed by atoms with Crippen molar-refractivity contribution in [3.63, 3.8) is 0 Å². The summed E-state index contributed by atoms with van der Waals surface area (Å²) in [4.78, 5) is 39.0. The van der Waals surface area contributed by atoms with E-state index in [0.29, 0.717) is 63.2 Å². The number of anilines is 1. The molecule has 1 aliphatic carbocycles. The minimum atomic E-state index is -0.621. The van der Waals surface area contributed by atoms with Gasteiger partial charge in [-0.3, -0.25) is 14.4 Å². The Hall–Kier alpha value is -4.06. The van der Waals surface area contributed by atoms with Crippen molar-refractivity contribution in [2.45, 2.75) is 32.1 Å². The number of benzene rings is 2. The molecule has 5 rings (SSSR count). The lowest BCUT2D eigenvalue weighted by Crippen LogP contribution is -2.31. The summed E-state index contributed by atoms with van der Waals surface area (Å²) < 4.78 is 5.86. The summed E-state index contributed by atoms with van der Waals surface area (Å²) in [7, 11) is 0. The van der Waals surface area contributed by atoms with Gasteiger partial charge in [0.05, 0.1) is 34.0 Å². The number of dihydropyridines is 1. The summed E-state index contributed by atoms with van der Waals surface area (Å²) >= 11 is 7.33. The van der Waals surface area contributed by atoms with Crippen molar-refractivity contribution in [3.8, 4) is 6.07 Å². The number of halogens is 1. The number of Topliss-reactive ketones (excluding diaryl/α,β-unsaturated/α-hetero) is 1. The maximum Gasteiger partial charge on any atom is 0.234 e. The van der Waals surface area contributed by atoms with Crippen molar-refractivity contribution < 1.29 is 18.8 Å². The number of aryl methyl sites for hydroxylation is 1. The molecule has 0 radical (unpaired) electrons. The molecule has 0 saturated carbocycles. The zero-order chi connectivity index (χ0) is 27.5. The fourth-order valence-electron chi connectivity index (χ4n) is 4.81. The van der Waals surface area contributed by atoms with Crippen LogP contribution in [0, 0.1) is 18.3 Å². The van der Waals surface area contributed by atoms with Crippen LogP contribution in [-0.4, -0.2) is 23.2 Å². The number of carbonyl (C=O) groups excluding carboxylic acids is 3. The number of allylic oxidation sites excluding steroid dienone is 3. The summed E-state index contributed by atoms with van der Waals surface area (Å²) in [6.45, 7) is 1.81. The third-order valence-electron chi connectivity index (χ3n) is 6.59. The van der Waals surface area contributed by atoms with E-state index in [1.165, 1.54) is 17.8 Å². The van der Waals surface area contributed by atoms with E-state index in [2.05, 4.69) is 16.7 Å². The Bertz CT molecular complexity index is 1580. The van der Waals surface area contributed by atoms with Crippen molar-refractivity contribution >= 4 is 46.5 Å². The van der Waals surface area contributed by atoms with Gasteiger partial charge in [0.25, 0.3) is 0 Å². The Kier molecular flexibility index (Phi) is 7.73. The predicted molar refractivity (Wildman–Crippen MR) is 150 cm³/mol. The van der Waals surface area contributed by atoms with E-state index in [1.54, 1.807) is 48.5 Å². The van der Waals surface area contributed by atoms with E-state index in [-0.39, 0.29) is 28.8 Å². The van der Waals surface area contributed by atoms with E-state index < -0.39 is 5.92 Å². The number of nitrogens with zero attached hydrogens (tertiary/aromatic N) is 1. The monoisotopic (exact) mass is 557 g/mol. The minimum Gasteiger partial charge on any atom is -0.465 e. The maximum absolute atomic E-state index is 13.1. The number of amides is 1.